The van der Waals surface area contributed by atoms with Crippen molar-refractivity contribution in [1.82, 2.24) is 14.9 Å². The number of amides is 1. The topological polar surface area (TPSA) is 80.7 Å². The molecule has 2 N–H and O–H groups in total. The molecule has 1 aliphatic heterocycles. The van der Waals surface area contributed by atoms with Crippen LogP contribution in [0.5, 0.6) is 5.75 Å². The first-order valence-corrected chi connectivity index (χ1v) is 12.6. The summed E-state index contributed by atoms with van der Waals surface area (Å²) in [5.74, 6) is 0.597. The fraction of sp³-hybridized carbons (Fsp3) is 0.207. The van der Waals surface area contributed by atoms with Gasteiger partial charge in [-0.05, 0) is 91.4 Å². The normalized spacial score (nSPS) is 16.8. The summed E-state index contributed by atoms with van der Waals surface area (Å²) in [6, 6.07) is 23.5. The minimum absolute atomic E-state index is 0.00248. The number of benzene rings is 2. The van der Waals surface area contributed by atoms with Gasteiger partial charge < -0.3 is 29.6 Å². The molecular formula is C29H29N5O3S. The number of hydrogen-bond donors (Lipinski definition) is 2. The zero-order valence-corrected chi connectivity index (χ0v) is 22.2. The number of aromatic nitrogens is 2. The van der Waals surface area contributed by atoms with Gasteiger partial charge in [0.15, 0.2) is 5.11 Å². The molecule has 1 amide bonds. The Labute approximate surface area is 227 Å². The van der Waals surface area contributed by atoms with Crippen LogP contribution in [0, 0.1) is 6.92 Å². The Hall–Kier alpha value is -4.21. The van der Waals surface area contributed by atoms with Crippen molar-refractivity contribution in [2.75, 3.05) is 31.0 Å². The van der Waals surface area contributed by atoms with Crippen LogP contribution in [0.4, 0.5) is 11.4 Å². The fourth-order valence-corrected chi connectivity index (χ4v) is 5.15. The van der Waals surface area contributed by atoms with Crippen LogP contribution in [0.25, 0.3) is 5.69 Å². The van der Waals surface area contributed by atoms with Gasteiger partial charge in [0.05, 0.1) is 18.8 Å². The number of nitrogens with one attached hydrogen (secondary N) is 2. The van der Waals surface area contributed by atoms with Gasteiger partial charge in [0.1, 0.15) is 18.4 Å². The number of nitrogens with zero attached hydrogens (tertiary/aromatic N) is 3. The molecule has 194 valence electrons. The van der Waals surface area contributed by atoms with Crippen LogP contribution < -0.4 is 20.3 Å². The highest BCUT2D eigenvalue weighted by Gasteiger charge is 2.42. The smallest absolute Gasteiger partial charge is 0.250 e. The molecule has 5 rings (SSSR count). The van der Waals surface area contributed by atoms with Crippen molar-refractivity contribution in [1.29, 1.82) is 0 Å². The minimum atomic E-state index is -0.202. The number of ether oxygens (including phenoxy) is 2. The average Bonchev–Trinajstić information content (AvgIpc) is 3.55. The molecule has 1 saturated heterocycles. The van der Waals surface area contributed by atoms with Crippen LogP contribution >= 0.6 is 12.2 Å². The van der Waals surface area contributed by atoms with E-state index in [4.69, 9.17) is 21.7 Å². The number of anilines is 2. The van der Waals surface area contributed by atoms with Gasteiger partial charge in [-0.15, -0.1) is 0 Å². The van der Waals surface area contributed by atoms with Gasteiger partial charge >= 0.3 is 0 Å². The number of thiocarbonyl (C=S) groups is 1. The Morgan fingerprint density at radius 2 is 1.84 bits per heavy atom. The van der Waals surface area contributed by atoms with Gasteiger partial charge in [-0.3, -0.25) is 9.78 Å². The predicted octanol–water partition coefficient (Wildman–Crippen LogP) is 4.95. The highest BCUT2D eigenvalue weighted by molar-refractivity contribution is 7.80. The van der Waals surface area contributed by atoms with Gasteiger partial charge in [-0.25, -0.2) is 0 Å². The van der Waals surface area contributed by atoms with Crippen LogP contribution in [0.1, 0.15) is 29.0 Å². The van der Waals surface area contributed by atoms with Crippen molar-refractivity contribution in [2.45, 2.75) is 19.0 Å². The molecule has 2 aromatic carbocycles. The van der Waals surface area contributed by atoms with Gasteiger partial charge in [0.2, 0.25) is 5.91 Å². The summed E-state index contributed by atoms with van der Waals surface area (Å²) < 4.78 is 12.5. The van der Waals surface area contributed by atoms with Crippen molar-refractivity contribution in [3.05, 3.63) is 102 Å². The maximum Gasteiger partial charge on any atom is 0.250 e. The quantitative estimate of drug-likeness (QED) is 0.314. The molecular weight excluding hydrogens is 498 g/mol. The maximum atomic E-state index is 12.1. The lowest BCUT2D eigenvalue weighted by atomic mass is 10.00. The number of rotatable bonds is 8. The third-order valence-corrected chi connectivity index (χ3v) is 6.88. The second kappa shape index (κ2) is 11.0. The molecule has 0 bridgehead atoms. The predicted molar refractivity (Wildman–Crippen MR) is 152 cm³/mol. The largest absolute Gasteiger partial charge is 0.497 e. The summed E-state index contributed by atoms with van der Waals surface area (Å²) in [4.78, 5) is 18.9. The van der Waals surface area contributed by atoms with Crippen molar-refractivity contribution >= 4 is 34.6 Å². The molecule has 8 nitrogen and oxygen atoms in total. The second-order valence-electron chi connectivity index (χ2n) is 8.98. The highest BCUT2D eigenvalue weighted by Crippen LogP contribution is 2.43. The van der Waals surface area contributed by atoms with E-state index in [1.807, 2.05) is 79.9 Å². The standard InChI is InChI=1S/C29H29N5O3S/c1-19-17-21(11-14-23(19)31-26(35)18-36-2)34-28(27(32-29(34)38)24-7-4-5-15-30-24)25-8-6-16-33(25)20-9-12-22(37-3)13-10-20/h4-17,27-28H,18H2,1-3H3,(H,31,35)(H,32,38)/t27-,28-/m1/s1. The molecule has 38 heavy (non-hydrogen) atoms. The van der Waals surface area contributed by atoms with E-state index in [2.05, 4.69) is 31.2 Å². The molecule has 3 heterocycles. The van der Waals surface area contributed by atoms with Crippen molar-refractivity contribution < 1.29 is 14.3 Å². The lowest BCUT2D eigenvalue weighted by molar-refractivity contribution is -0.119. The van der Waals surface area contributed by atoms with Crippen LogP contribution in [0.2, 0.25) is 0 Å². The molecule has 9 heteroatoms. The van der Waals surface area contributed by atoms with Crippen molar-refractivity contribution in [3.8, 4) is 11.4 Å². The Kier molecular flexibility index (Phi) is 7.39. The number of carbonyl (C=O) groups excluding carboxylic acids is 1. The van der Waals surface area contributed by atoms with Crippen LogP contribution in [-0.4, -0.2) is 41.4 Å². The van der Waals surface area contributed by atoms with Gasteiger partial charge in [0, 0.05) is 42.3 Å². The summed E-state index contributed by atoms with van der Waals surface area (Å²) in [6.45, 7) is 1.96. The molecule has 2 atom stereocenters. The van der Waals surface area contributed by atoms with E-state index in [0.717, 1.165) is 39.8 Å². The first kappa shape index (κ1) is 25.4. The van der Waals surface area contributed by atoms with Crippen molar-refractivity contribution in [3.63, 3.8) is 0 Å². The van der Waals surface area contributed by atoms with E-state index in [1.165, 1.54) is 7.11 Å². The Balaban J connectivity index is 1.57. The number of aryl methyl sites for hydroxylation is 1. The van der Waals surface area contributed by atoms with Crippen LogP contribution in [0.15, 0.2) is 85.2 Å². The van der Waals surface area contributed by atoms with Gasteiger partial charge in [-0.1, -0.05) is 6.07 Å². The summed E-state index contributed by atoms with van der Waals surface area (Å²) in [7, 11) is 3.16. The van der Waals surface area contributed by atoms with E-state index < -0.39 is 0 Å². The summed E-state index contributed by atoms with van der Waals surface area (Å²) >= 11 is 5.90. The number of pyridine rings is 1. The summed E-state index contributed by atoms with van der Waals surface area (Å²) in [5.41, 5.74) is 5.51. The summed E-state index contributed by atoms with van der Waals surface area (Å²) in [5, 5.41) is 7.01. The van der Waals surface area contributed by atoms with E-state index in [-0.39, 0.29) is 24.6 Å². The van der Waals surface area contributed by atoms with Gasteiger partial charge in [-0.2, -0.15) is 0 Å². The molecule has 0 spiro atoms. The monoisotopic (exact) mass is 527 g/mol. The third kappa shape index (κ3) is 4.98. The molecule has 2 aromatic heterocycles. The molecule has 1 aliphatic rings. The number of carbonyl (C=O) groups is 1. The molecule has 0 aliphatic carbocycles. The molecule has 1 fully saturated rings. The Morgan fingerprint density at radius 3 is 2.53 bits per heavy atom. The molecule has 0 unspecified atom stereocenters. The van der Waals surface area contributed by atoms with Gasteiger partial charge in [0.25, 0.3) is 0 Å². The Bertz CT molecular complexity index is 1440. The van der Waals surface area contributed by atoms with Crippen molar-refractivity contribution in [2.24, 2.45) is 0 Å². The van der Waals surface area contributed by atoms with Crippen LogP contribution in [-0.2, 0) is 9.53 Å². The number of hydrogen-bond acceptors (Lipinski definition) is 5. The average molecular weight is 528 g/mol. The van der Waals surface area contributed by atoms with E-state index >= 15 is 0 Å². The molecule has 0 saturated carbocycles. The lowest BCUT2D eigenvalue weighted by Gasteiger charge is -2.29. The Morgan fingerprint density at radius 1 is 1.05 bits per heavy atom. The fourth-order valence-electron chi connectivity index (χ4n) is 4.80. The first-order valence-electron chi connectivity index (χ1n) is 12.2. The zero-order valence-electron chi connectivity index (χ0n) is 21.4. The third-order valence-electron chi connectivity index (χ3n) is 6.57. The maximum absolute atomic E-state index is 12.1. The van der Waals surface area contributed by atoms with E-state index in [0.29, 0.717) is 5.11 Å². The van der Waals surface area contributed by atoms with Crippen LogP contribution in [0.3, 0.4) is 0 Å². The van der Waals surface area contributed by atoms with E-state index in [1.54, 1.807) is 13.3 Å². The zero-order chi connectivity index (χ0) is 26.6. The minimum Gasteiger partial charge on any atom is -0.497 e. The SMILES string of the molecule is COCC(=O)Nc1ccc(N2C(=S)N[C@H](c3ccccn3)[C@H]2c2cccn2-c2ccc(OC)cc2)cc1C. The highest BCUT2D eigenvalue weighted by atomic mass is 32.1. The summed E-state index contributed by atoms with van der Waals surface area (Å²) in [6.07, 6.45) is 3.84. The molecule has 0 radical (unpaired) electrons. The van der Waals surface area contributed by atoms with E-state index in [9.17, 15) is 4.79 Å². The first-order chi connectivity index (χ1) is 18.5. The lowest BCUT2D eigenvalue weighted by Crippen LogP contribution is -2.30. The molecule has 4 aromatic rings. The number of methoxy groups -OCH3 is 2. The second-order valence-corrected chi connectivity index (χ2v) is 9.36.